The molecule has 0 N–H and O–H groups in total. The normalized spacial score (nSPS) is 14.0. The predicted octanol–water partition coefficient (Wildman–Crippen LogP) is 2.25. The molecule has 9 heteroatoms. The number of rotatable bonds is 5. The molecule has 0 fully saturated rings. The van der Waals surface area contributed by atoms with Crippen molar-refractivity contribution in [1.82, 2.24) is 19.9 Å². The molecular formula is C18H21N5O3S. The highest BCUT2D eigenvalue weighted by Crippen LogP contribution is 2.34. The van der Waals surface area contributed by atoms with E-state index >= 15 is 0 Å². The zero-order valence-corrected chi connectivity index (χ0v) is 16.3. The molecule has 0 bridgehead atoms. The molecule has 0 aliphatic carbocycles. The third-order valence-electron chi connectivity index (χ3n) is 4.81. The third-order valence-corrected chi connectivity index (χ3v) is 6.88. The maximum Gasteiger partial charge on any atom is 0.268 e. The smallest absolute Gasteiger partial charge is 0.268 e. The van der Waals surface area contributed by atoms with Gasteiger partial charge in [0.1, 0.15) is 11.4 Å². The molecule has 3 aromatic rings. The fourth-order valence-electron chi connectivity index (χ4n) is 3.51. The lowest BCUT2D eigenvalue weighted by molar-refractivity contribution is 0.374. The maximum absolute atomic E-state index is 13.4. The van der Waals surface area contributed by atoms with Gasteiger partial charge in [0.25, 0.3) is 10.0 Å². The SMILES string of the molecule is CCc1nc(Cn2nc(C)c(S(=O)(=O)N3CCc4ccccc43)c2C)no1. The van der Waals surface area contributed by atoms with E-state index in [2.05, 4.69) is 15.2 Å². The van der Waals surface area contributed by atoms with Crippen LogP contribution in [0.3, 0.4) is 0 Å². The summed E-state index contributed by atoms with van der Waals surface area (Å²) >= 11 is 0. The molecule has 1 aliphatic rings. The lowest BCUT2D eigenvalue weighted by Crippen LogP contribution is -2.30. The number of hydrogen-bond acceptors (Lipinski definition) is 6. The van der Waals surface area contributed by atoms with Crippen LogP contribution in [0.2, 0.25) is 0 Å². The second-order valence-electron chi connectivity index (χ2n) is 6.57. The fraction of sp³-hybridized carbons (Fsp3) is 0.389. The van der Waals surface area contributed by atoms with Crippen LogP contribution in [-0.2, 0) is 29.4 Å². The lowest BCUT2D eigenvalue weighted by Gasteiger charge is -2.19. The number of anilines is 1. The molecule has 0 saturated heterocycles. The zero-order valence-electron chi connectivity index (χ0n) is 15.5. The van der Waals surface area contributed by atoms with Crippen molar-refractivity contribution in [2.45, 2.75) is 45.1 Å². The average Bonchev–Trinajstić information content (AvgIpc) is 3.33. The molecular weight excluding hydrogens is 366 g/mol. The molecule has 0 amide bonds. The van der Waals surface area contributed by atoms with Crippen molar-refractivity contribution in [2.24, 2.45) is 0 Å². The second kappa shape index (κ2) is 6.49. The lowest BCUT2D eigenvalue weighted by atomic mass is 10.2. The largest absolute Gasteiger partial charge is 0.339 e. The Balaban J connectivity index is 1.71. The number of hydrogen-bond donors (Lipinski definition) is 0. The van der Waals surface area contributed by atoms with E-state index in [1.165, 1.54) is 4.31 Å². The summed E-state index contributed by atoms with van der Waals surface area (Å²) in [6.07, 6.45) is 1.36. The minimum Gasteiger partial charge on any atom is -0.339 e. The monoisotopic (exact) mass is 387 g/mol. The number of aryl methyl sites for hydroxylation is 2. The molecule has 0 atom stereocenters. The Kier molecular flexibility index (Phi) is 4.26. The summed E-state index contributed by atoms with van der Waals surface area (Å²) in [6, 6.07) is 7.60. The molecule has 3 heterocycles. The zero-order chi connectivity index (χ0) is 19.2. The van der Waals surface area contributed by atoms with E-state index in [9.17, 15) is 8.42 Å². The van der Waals surface area contributed by atoms with Gasteiger partial charge in [0, 0.05) is 13.0 Å². The fourth-order valence-corrected chi connectivity index (χ4v) is 5.39. The molecule has 27 heavy (non-hydrogen) atoms. The van der Waals surface area contributed by atoms with E-state index in [1.54, 1.807) is 18.5 Å². The van der Waals surface area contributed by atoms with Crippen LogP contribution in [0, 0.1) is 13.8 Å². The Labute approximate surface area is 157 Å². The Bertz CT molecular complexity index is 1100. The number of sulfonamides is 1. The number of aromatic nitrogens is 4. The first-order valence-corrected chi connectivity index (χ1v) is 10.3. The van der Waals surface area contributed by atoms with Gasteiger partial charge in [0.2, 0.25) is 5.89 Å². The standard InChI is InChI=1S/C18H21N5O3S/c1-4-17-19-16(21-26-17)11-22-13(3)18(12(2)20-22)27(24,25)23-10-9-14-7-5-6-8-15(14)23/h5-8H,4,9-11H2,1-3H3. The van der Waals surface area contributed by atoms with Gasteiger partial charge in [-0.1, -0.05) is 30.3 Å². The van der Waals surface area contributed by atoms with Crippen LogP contribution in [0.15, 0.2) is 33.7 Å². The van der Waals surface area contributed by atoms with E-state index in [0.717, 1.165) is 11.3 Å². The molecule has 1 aliphatic heterocycles. The summed E-state index contributed by atoms with van der Waals surface area (Å²) in [6.45, 7) is 6.11. The van der Waals surface area contributed by atoms with Crippen LogP contribution in [0.5, 0.6) is 0 Å². The van der Waals surface area contributed by atoms with Gasteiger partial charge in [-0.05, 0) is 31.9 Å². The van der Waals surface area contributed by atoms with Crippen molar-refractivity contribution in [3.8, 4) is 0 Å². The first kappa shape index (κ1) is 17.7. The minimum atomic E-state index is -3.70. The minimum absolute atomic E-state index is 0.249. The van der Waals surface area contributed by atoms with Crippen LogP contribution < -0.4 is 4.31 Å². The maximum atomic E-state index is 13.4. The highest BCUT2D eigenvalue weighted by atomic mass is 32.2. The average molecular weight is 387 g/mol. The summed E-state index contributed by atoms with van der Waals surface area (Å²) in [5.74, 6) is 1.03. The summed E-state index contributed by atoms with van der Waals surface area (Å²) in [4.78, 5) is 4.52. The summed E-state index contributed by atoms with van der Waals surface area (Å²) < 4.78 is 35.0. The summed E-state index contributed by atoms with van der Waals surface area (Å²) in [7, 11) is -3.70. The summed E-state index contributed by atoms with van der Waals surface area (Å²) in [5, 5.41) is 8.35. The van der Waals surface area contributed by atoms with Crippen molar-refractivity contribution in [3.63, 3.8) is 0 Å². The Hall–Kier alpha value is -2.68. The molecule has 1 aromatic carbocycles. The van der Waals surface area contributed by atoms with Crippen LogP contribution >= 0.6 is 0 Å². The molecule has 142 valence electrons. The van der Waals surface area contributed by atoms with Crippen LogP contribution in [0.25, 0.3) is 0 Å². The predicted molar refractivity (Wildman–Crippen MR) is 99.2 cm³/mol. The number of benzene rings is 1. The van der Waals surface area contributed by atoms with Gasteiger partial charge in [0.05, 0.1) is 17.1 Å². The van der Waals surface area contributed by atoms with Crippen LogP contribution in [0.1, 0.15) is 35.6 Å². The van der Waals surface area contributed by atoms with Crippen molar-refractivity contribution in [2.75, 3.05) is 10.8 Å². The number of fused-ring (bicyclic) bond motifs is 1. The number of nitrogens with zero attached hydrogens (tertiary/aromatic N) is 5. The first-order valence-electron chi connectivity index (χ1n) is 8.88. The van der Waals surface area contributed by atoms with Crippen molar-refractivity contribution < 1.29 is 12.9 Å². The molecule has 0 unspecified atom stereocenters. The molecule has 0 saturated carbocycles. The highest BCUT2D eigenvalue weighted by molar-refractivity contribution is 7.93. The Morgan fingerprint density at radius 2 is 2.00 bits per heavy atom. The third kappa shape index (κ3) is 2.91. The van der Waals surface area contributed by atoms with Gasteiger partial charge in [0.15, 0.2) is 5.82 Å². The topological polar surface area (TPSA) is 94.1 Å². The second-order valence-corrected chi connectivity index (χ2v) is 8.37. The van der Waals surface area contributed by atoms with Crippen molar-refractivity contribution in [3.05, 3.63) is 52.9 Å². The number of para-hydroxylation sites is 1. The molecule has 4 rings (SSSR count). The van der Waals surface area contributed by atoms with Crippen molar-refractivity contribution in [1.29, 1.82) is 0 Å². The highest BCUT2D eigenvalue weighted by Gasteiger charge is 2.35. The van der Waals surface area contributed by atoms with E-state index in [-0.39, 0.29) is 11.4 Å². The first-order chi connectivity index (χ1) is 12.9. The van der Waals surface area contributed by atoms with Gasteiger partial charge in [-0.2, -0.15) is 10.1 Å². The van der Waals surface area contributed by atoms with E-state index in [4.69, 9.17) is 4.52 Å². The van der Waals surface area contributed by atoms with E-state index in [0.29, 0.717) is 42.5 Å². The molecule has 8 nitrogen and oxygen atoms in total. The van der Waals surface area contributed by atoms with Gasteiger partial charge in [-0.25, -0.2) is 8.42 Å². The Morgan fingerprint density at radius 1 is 1.22 bits per heavy atom. The van der Waals surface area contributed by atoms with E-state index < -0.39 is 10.0 Å². The van der Waals surface area contributed by atoms with Crippen LogP contribution in [0.4, 0.5) is 5.69 Å². The Morgan fingerprint density at radius 3 is 2.74 bits per heavy atom. The molecule has 2 aromatic heterocycles. The van der Waals surface area contributed by atoms with Gasteiger partial charge < -0.3 is 4.52 Å². The van der Waals surface area contributed by atoms with Crippen LogP contribution in [-0.4, -0.2) is 34.9 Å². The van der Waals surface area contributed by atoms with Gasteiger partial charge >= 0.3 is 0 Å². The van der Waals surface area contributed by atoms with E-state index in [1.807, 2.05) is 31.2 Å². The van der Waals surface area contributed by atoms with Gasteiger partial charge in [-0.15, -0.1) is 0 Å². The van der Waals surface area contributed by atoms with Crippen molar-refractivity contribution >= 4 is 15.7 Å². The van der Waals surface area contributed by atoms with Gasteiger partial charge in [-0.3, -0.25) is 8.99 Å². The molecule has 0 spiro atoms. The summed E-state index contributed by atoms with van der Waals surface area (Å²) in [5.41, 5.74) is 2.83. The quantitative estimate of drug-likeness (QED) is 0.666. The molecule has 0 radical (unpaired) electrons.